The van der Waals surface area contributed by atoms with Crippen molar-refractivity contribution in [3.8, 4) is 0 Å². The molecule has 1 aliphatic carbocycles. The molecule has 0 saturated carbocycles. The first kappa shape index (κ1) is 15.0. The zero-order valence-corrected chi connectivity index (χ0v) is 13.5. The van der Waals surface area contributed by atoms with Crippen molar-refractivity contribution >= 4 is 27.7 Å². The largest absolute Gasteiger partial charge is 0.427 e. The van der Waals surface area contributed by atoms with Crippen LogP contribution < -0.4 is 0 Å². The molecule has 0 saturated heterocycles. The number of carbonyl (C=O) groups is 2. The van der Waals surface area contributed by atoms with Gasteiger partial charge in [-0.05, 0) is 49.9 Å². The van der Waals surface area contributed by atoms with E-state index in [0.29, 0.717) is 24.2 Å². The van der Waals surface area contributed by atoms with Crippen molar-refractivity contribution in [1.29, 1.82) is 0 Å². The van der Waals surface area contributed by atoms with E-state index in [9.17, 15) is 9.59 Å². The highest BCUT2D eigenvalue weighted by atomic mass is 79.9. The maximum Gasteiger partial charge on any atom is 0.343 e. The van der Waals surface area contributed by atoms with E-state index in [4.69, 9.17) is 4.74 Å². The fourth-order valence-corrected chi connectivity index (χ4v) is 2.76. The summed E-state index contributed by atoms with van der Waals surface area (Å²) >= 11 is 3.46. The van der Waals surface area contributed by atoms with E-state index in [-0.39, 0.29) is 5.78 Å². The number of allylic oxidation sites excluding steroid dienone is 2. The van der Waals surface area contributed by atoms with Gasteiger partial charge in [0.15, 0.2) is 5.78 Å². The molecule has 0 unspecified atom stereocenters. The summed E-state index contributed by atoms with van der Waals surface area (Å²) in [6.07, 6.45) is 3.36. The van der Waals surface area contributed by atoms with Gasteiger partial charge in [0.25, 0.3) is 0 Å². The Morgan fingerprint density at radius 2 is 1.85 bits per heavy atom. The molecule has 20 heavy (non-hydrogen) atoms. The minimum Gasteiger partial charge on any atom is -0.427 e. The lowest BCUT2D eigenvalue weighted by Crippen LogP contribution is -2.12. The average Bonchev–Trinajstić information content (AvgIpc) is 2.40. The molecular formula is C16H17BrO3. The van der Waals surface area contributed by atoms with Gasteiger partial charge in [0, 0.05) is 23.4 Å². The van der Waals surface area contributed by atoms with Crippen LogP contribution in [0.4, 0.5) is 0 Å². The predicted octanol–water partition coefficient (Wildman–Crippen LogP) is 4.17. The molecule has 0 bridgehead atoms. The first-order valence-electron chi connectivity index (χ1n) is 6.62. The summed E-state index contributed by atoms with van der Waals surface area (Å²) in [5, 5.41) is 0. The highest BCUT2D eigenvalue weighted by Crippen LogP contribution is 2.27. The number of benzene rings is 1. The topological polar surface area (TPSA) is 43.4 Å². The first-order valence-corrected chi connectivity index (χ1v) is 7.41. The number of esters is 1. The summed E-state index contributed by atoms with van der Waals surface area (Å²) in [5.74, 6) is 0.101. The maximum atomic E-state index is 12.3. The van der Waals surface area contributed by atoms with Crippen molar-refractivity contribution in [2.45, 2.75) is 40.0 Å². The van der Waals surface area contributed by atoms with Gasteiger partial charge in [-0.15, -0.1) is 0 Å². The molecule has 0 N–H and O–H groups in total. The van der Waals surface area contributed by atoms with Gasteiger partial charge < -0.3 is 4.74 Å². The summed E-state index contributed by atoms with van der Waals surface area (Å²) in [6, 6.07) is 1.78. The summed E-state index contributed by atoms with van der Waals surface area (Å²) in [4.78, 5) is 23.6. The third kappa shape index (κ3) is 3.01. The van der Waals surface area contributed by atoms with E-state index in [1.807, 2.05) is 20.8 Å². The number of halogens is 1. The molecule has 3 nitrogen and oxygen atoms in total. The standard InChI is InChI=1S/C16H17BrO3/c1-9-10(2)14(8-15(17)11(9)3)16(19)20-13-6-4-5-12(18)7-13/h7-8H,4-6H2,1-3H3. The van der Waals surface area contributed by atoms with Crippen LogP contribution in [0.15, 0.2) is 22.4 Å². The summed E-state index contributed by atoms with van der Waals surface area (Å²) < 4.78 is 6.25. The molecule has 0 fully saturated rings. The quantitative estimate of drug-likeness (QED) is 0.761. The van der Waals surface area contributed by atoms with Crippen molar-refractivity contribution in [2.24, 2.45) is 0 Å². The normalized spacial score (nSPS) is 15.0. The summed E-state index contributed by atoms with van der Waals surface area (Å²) in [6.45, 7) is 5.89. The van der Waals surface area contributed by atoms with Gasteiger partial charge in [-0.25, -0.2) is 4.79 Å². The second kappa shape index (κ2) is 5.92. The Morgan fingerprint density at radius 3 is 2.50 bits per heavy atom. The van der Waals surface area contributed by atoms with Crippen LogP contribution in [0, 0.1) is 20.8 Å². The lowest BCUT2D eigenvalue weighted by Gasteiger charge is -2.15. The van der Waals surface area contributed by atoms with Gasteiger partial charge in [0.1, 0.15) is 5.76 Å². The maximum absolute atomic E-state index is 12.3. The van der Waals surface area contributed by atoms with Gasteiger partial charge in [0.05, 0.1) is 5.56 Å². The number of rotatable bonds is 2. The smallest absolute Gasteiger partial charge is 0.343 e. The molecule has 4 heteroatoms. The van der Waals surface area contributed by atoms with E-state index >= 15 is 0 Å². The lowest BCUT2D eigenvalue weighted by molar-refractivity contribution is -0.115. The van der Waals surface area contributed by atoms with E-state index in [0.717, 1.165) is 27.6 Å². The van der Waals surface area contributed by atoms with Crippen molar-refractivity contribution < 1.29 is 14.3 Å². The minimum atomic E-state index is -0.396. The van der Waals surface area contributed by atoms with E-state index < -0.39 is 5.97 Å². The van der Waals surface area contributed by atoms with Crippen molar-refractivity contribution in [1.82, 2.24) is 0 Å². The molecule has 106 valence electrons. The Morgan fingerprint density at radius 1 is 1.15 bits per heavy atom. The zero-order chi connectivity index (χ0) is 14.9. The van der Waals surface area contributed by atoms with Crippen LogP contribution in [0.3, 0.4) is 0 Å². The molecule has 0 amide bonds. The number of ketones is 1. The number of hydrogen-bond acceptors (Lipinski definition) is 3. The Hall–Kier alpha value is -1.42. The van der Waals surface area contributed by atoms with E-state index in [2.05, 4.69) is 15.9 Å². The van der Waals surface area contributed by atoms with Crippen LogP contribution in [0.1, 0.15) is 46.3 Å². The second-order valence-corrected chi connectivity index (χ2v) is 5.96. The third-order valence-electron chi connectivity index (χ3n) is 3.77. The van der Waals surface area contributed by atoms with Gasteiger partial charge in [-0.3, -0.25) is 4.79 Å². The van der Waals surface area contributed by atoms with Crippen LogP contribution in [-0.2, 0) is 9.53 Å². The Balaban J connectivity index is 2.28. The fraction of sp³-hybridized carbons (Fsp3) is 0.375. The van der Waals surface area contributed by atoms with Crippen LogP contribution in [-0.4, -0.2) is 11.8 Å². The number of carbonyl (C=O) groups excluding carboxylic acids is 2. The summed E-state index contributed by atoms with van der Waals surface area (Å²) in [7, 11) is 0. The Kier molecular flexibility index (Phi) is 4.43. The molecule has 0 aliphatic heterocycles. The molecule has 0 aromatic heterocycles. The molecule has 2 rings (SSSR count). The van der Waals surface area contributed by atoms with Crippen molar-refractivity contribution in [3.05, 3.63) is 44.6 Å². The number of ether oxygens (including phenoxy) is 1. The van der Waals surface area contributed by atoms with Gasteiger partial charge in [0.2, 0.25) is 0 Å². The first-order chi connectivity index (χ1) is 9.40. The van der Waals surface area contributed by atoms with Gasteiger partial charge in [-0.1, -0.05) is 15.9 Å². The molecule has 1 aliphatic rings. The lowest BCUT2D eigenvalue weighted by atomic mass is 9.99. The van der Waals surface area contributed by atoms with Crippen LogP contribution in [0.25, 0.3) is 0 Å². The van der Waals surface area contributed by atoms with Crippen molar-refractivity contribution in [3.63, 3.8) is 0 Å². The molecule has 0 atom stereocenters. The van der Waals surface area contributed by atoms with E-state index in [1.54, 1.807) is 6.07 Å². The van der Waals surface area contributed by atoms with Gasteiger partial charge in [-0.2, -0.15) is 0 Å². The van der Waals surface area contributed by atoms with Crippen LogP contribution in [0.2, 0.25) is 0 Å². The molecule has 0 spiro atoms. The van der Waals surface area contributed by atoms with Crippen LogP contribution in [0.5, 0.6) is 0 Å². The molecular weight excluding hydrogens is 320 g/mol. The molecule has 0 radical (unpaired) electrons. The van der Waals surface area contributed by atoms with E-state index in [1.165, 1.54) is 6.08 Å². The highest BCUT2D eigenvalue weighted by Gasteiger charge is 2.19. The Labute approximate surface area is 127 Å². The Bertz CT molecular complexity index is 615. The molecule has 1 aromatic carbocycles. The predicted molar refractivity (Wildman–Crippen MR) is 80.7 cm³/mol. The molecule has 1 aromatic rings. The SMILES string of the molecule is Cc1c(Br)cc(C(=O)OC2=CC(=O)CCC2)c(C)c1C. The molecule has 0 heterocycles. The monoisotopic (exact) mass is 336 g/mol. The van der Waals surface area contributed by atoms with Gasteiger partial charge >= 0.3 is 5.97 Å². The fourth-order valence-electron chi connectivity index (χ4n) is 2.23. The minimum absolute atomic E-state index is 0.0250. The zero-order valence-electron chi connectivity index (χ0n) is 11.9. The highest BCUT2D eigenvalue weighted by molar-refractivity contribution is 9.10. The van der Waals surface area contributed by atoms with Crippen molar-refractivity contribution in [2.75, 3.05) is 0 Å². The van der Waals surface area contributed by atoms with Crippen LogP contribution >= 0.6 is 15.9 Å². The third-order valence-corrected chi connectivity index (χ3v) is 4.59. The summed E-state index contributed by atoms with van der Waals surface area (Å²) in [5.41, 5.74) is 3.64. The number of hydrogen-bond donors (Lipinski definition) is 0. The average molecular weight is 337 g/mol. The second-order valence-electron chi connectivity index (χ2n) is 5.10.